The number of nitrogens with zero attached hydrogens (tertiary/aromatic N) is 5. The van der Waals surface area contributed by atoms with E-state index in [2.05, 4.69) is 10.00 Å². The average molecular weight is 500 g/mol. The molecule has 0 bridgehead atoms. The van der Waals surface area contributed by atoms with E-state index in [9.17, 15) is 19.2 Å². The number of amides is 3. The Kier molecular flexibility index (Phi) is 6.60. The molecule has 0 spiro atoms. The standard InChI is InChI=1S/C28H29N5O4/c1-19-9-10-21(18-20(19)2)33-26(35)12-11-24(29-33)30-14-16-31(17-15-30)25(34)8-5-13-32-27(36)22-6-3-4-7-23(22)28(32)37/h3-4,6-7,9-12,18H,5,8,13-17H2,1-2H3. The molecule has 0 N–H and O–H groups in total. The van der Waals surface area contributed by atoms with Crippen LogP contribution >= 0.6 is 0 Å². The number of fused-ring (bicyclic) bond motifs is 1. The fourth-order valence-electron chi connectivity index (χ4n) is 4.79. The Labute approximate surface area is 214 Å². The molecule has 9 heteroatoms. The van der Waals surface area contributed by atoms with E-state index in [4.69, 9.17) is 0 Å². The number of carbonyl (C=O) groups is 3. The van der Waals surface area contributed by atoms with Crippen LogP contribution in [0.4, 0.5) is 5.82 Å². The topological polar surface area (TPSA) is 95.8 Å². The van der Waals surface area contributed by atoms with Gasteiger partial charge in [0.05, 0.1) is 16.8 Å². The van der Waals surface area contributed by atoms with Gasteiger partial charge in [-0.05, 0) is 61.7 Å². The van der Waals surface area contributed by atoms with E-state index in [0.29, 0.717) is 49.5 Å². The van der Waals surface area contributed by atoms with Gasteiger partial charge in [0, 0.05) is 45.2 Å². The lowest BCUT2D eigenvalue weighted by Gasteiger charge is -2.35. The molecule has 9 nitrogen and oxygen atoms in total. The van der Waals surface area contributed by atoms with Crippen LogP contribution in [0.25, 0.3) is 5.69 Å². The number of hydrogen-bond acceptors (Lipinski definition) is 6. The summed E-state index contributed by atoms with van der Waals surface area (Å²) in [4.78, 5) is 55.4. The zero-order valence-corrected chi connectivity index (χ0v) is 21.0. The van der Waals surface area contributed by atoms with Crippen molar-refractivity contribution in [2.24, 2.45) is 0 Å². The number of rotatable bonds is 6. The summed E-state index contributed by atoms with van der Waals surface area (Å²) in [7, 11) is 0. The van der Waals surface area contributed by atoms with E-state index in [1.54, 1.807) is 35.2 Å². The first kappa shape index (κ1) is 24.4. The molecule has 3 aromatic rings. The number of benzene rings is 2. The summed E-state index contributed by atoms with van der Waals surface area (Å²) < 4.78 is 1.42. The molecule has 0 unspecified atom stereocenters. The lowest BCUT2D eigenvalue weighted by molar-refractivity contribution is -0.131. The van der Waals surface area contributed by atoms with Crippen molar-refractivity contribution in [3.8, 4) is 5.69 Å². The third-order valence-electron chi connectivity index (χ3n) is 7.13. The molecule has 1 aromatic heterocycles. The first-order valence-corrected chi connectivity index (χ1v) is 12.5. The van der Waals surface area contributed by atoms with Crippen molar-refractivity contribution < 1.29 is 14.4 Å². The highest BCUT2D eigenvalue weighted by atomic mass is 16.2. The van der Waals surface area contributed by atoms with Gasteiger partial charge in [0.25, 0.3) is 17.4 Å². The quantitative estimate of drug-likeness (QED) is 0.484. The van der Waals surface area contributed by atoms with Crippen LogP contribution in [0.1, 0.15) is 44.7 Å². The number of piperazine rings is 1. The predicted molar refractivity (Wildman–Crippen MR) is 139 cm³/mol. The summed E-state index contributed by atoms with van der Waals surface area (Å²) in [6.07, 6.45) is 0.691. The highest BCUT2D eigenvalue weighted by molar-refractivity contribution is 6.21. The molecule has 1 fully saturated rings. The Morgan fingerprint density at radius 2 is 1.51 bits per heavy atom. The van der Waals surface area contributed by atoms with Crippen LogP contribution in [-0.2, 0) is 4.79 Å². The maximum Gasteiger partial charge on any atom is 0.271 e. The molecule has 37 heavy (non-hydrogen) atoms. The average Bonchev–Trinajstić information content (AvgIpc) is 3.15. The zero-order chi connectivity index (χ0) is 26.1. The van der Waals surface area contributed by atoms with E-state index in [-0.39, 0.29) is 36.2 Å². The van der Waals surface area contributed by atoms with E-state index in [1.807, 2.05) is 32.0 Å². The first-order valence-electron chi connectivity index (χ1n) is 12.5. The van der Waals surface area contributed by atoms with Crippen molar-refractivity contribution in [3.05, 3.63) is 87.2 Å². The van der Waals surface area contributed by atoms with Crippen LogP contribution in [0.15, 0.2) is 59.4 Å². The number of anilines is 1. The van der Waals surface area contributed by atoms with Gasteiger partial charge in [-0.15, -0.1) is 5.10 Å². The smallest absolute Gasteiger partial charge is 0.271 e. The van der Waals surface area contributed by atoms with Crippen LogP contribution in [0, 0.1) is 13.8 Å². The summed E-state index contributed by atoms with van der Waals surface area (Å²) in [5, 5.41) is 4.59. The number of hydrogen-bond donors (Lipinski definition) is 0. The Bertz CT molecular complexity index is 1400. The van der Waals surface area contributed by atoms with Gasteiger partial charge in [0.2, 0.25) is 5.91 Å². The van der Waals surface area contributed by atoms with Crippen LogP contribution in [0.5, 0.6) is 0 Å². The zero-order valence-electron chi connectivity index (χ0n) is 21.0. The Hall–Kier alpha value is -4.27. The maximum absolute atomic E-state index is 12.8. The number of imide groups is 1. The van der Waals surface area contributed by atoms with Crippen LogP contribution < -0.4 is 10.5 Å². The largest absolute Gasteiger partial charge is 0.352 e. The summed E-state index contributed by atoms with van der Waals surface area (Å²) >= 11 is 0. The second-order valence-electron chi connectivity index (χ2n) is 9.49. The fraction of sp³-hybridized carbons (Fsp3) is 0.321. The van der Waals surface area contributed by atoms with Crippen molar-refractivity contribution in [3.63, 3.8) is 0 Å². The molecule has 3 amide bonds. The van der Waals surface area contributed by atoms with Crippen LogP contribution in [0.3, 0.4) is 0 Å². The fourth-order valence-corrected chi connectivity index (χ4v) is 4.79. The second kappa shape index (κ2) is 10.0. The van der Waals surface area contributed by atoms with Crippen molar-refractivity contribution >= 4 is 23.5 Å². The molecule has 2 aliphatic heterocycles. The highest BCUT2D eigenvalue weighted by Gasteiger charge is 2.34. The normalized spacial score (nSPS) is 15.4. The van der Waals surface area contributed by atoms with Gasteiger partial charge >= 0.3 is 0 Å². The highest BCUT2D eigenvalue weighted by Crippen LogP contribution is 2.23. The minimum absolute atomic E-state index is 0.00400. The Morgan fingerprint density at radius 3 is 2.16 bits per heavy atom. The minimum Gasteiger partial charge on any atom is -0.352 e. The monoisotopic (exact) mass is 499 g/mol. The molecule has 2 aromatic carbocycles. The molecule has 3 heterocycles. The van der Waals surface area contributed by atoms with E-state index in [0.717, 1.165) is 16.8 Å². The van der Waals surface area contributed by atoms with Gasteiger partial charge in [-0.25, -0.2) is 0 Å². The lowest BCUT2D eigenvalue weighted by atomic mass is 10.1. The van der Waals surface area contributed by atoms with Gasteiger partial charge < -0.3 is 9.80 Å². The van der Waals surface area contributed by atoms with Crippen LogP contribution in [0.2, 0.25) is 0 Å². The van der Waals surface area contributed by atoms with Crippen LogP contribution in [-0.4, -0.2) is 70.0 Å². The van der Waals surface area contributed by atoms with Gasteiger partial charge in [0.15, 0.2) is 0 Å². The number of carbonyl (C=O) groups excluding carboxylic acids is 3. The minimum atomic E-state index is -0.295. The van der Waals surface area contributed by atoms with Crippen molar-refractivity contribution in [1.29, 1.82) is 0 Å². The van der Waals surface area contributed by atoms with Crippen molar-refractivity contribution in [1.82, 2.24) is 19.6 Å². The van der Waals surface area contributed by atoms with Gasteiger partial charge in [-0.1, -0.05) is 18.2 Å². The molecule has 1 saturated heterocycles. The second-order valence-corrected chi connectivity index (χ2v) is 9.49. The molecular weight excluding hydrogens is 470 g/mol. The molecular formula is C28H29N5O4. The first-order chi connectivity index (χ1) is 17.8. The molecule has 190 valence electrons. The van der Waals surface area contributed by atoms with E-state index < -0.39 is 0 Å². The summed E-state index contributed by atoms with van der Waals surface area (Å²) in [5.74, 6) is 0.104. The molecule has 0 radical (unpaired) electrons. The van der Waals surface area contributed by atoms with Gasteiger partial charge in [-0.2, -0.15) is 4.68 Å². The Morgan fingerprint density at radius 1 is 0.838 bits per heavy atom. The lowest BCUT2D eigenvalue weighted by Crippen LogP contribution is -2.49. The van der Waals surface area contributed by atoms with Crippen molar-refractivity contribution in [2.45, 2.75) is 26.7 Å². The third-order valence-corrected chi connectivity index (χ3v) is 7.13. The predicted octanol–water partition coefficient (Wildman–Crippen LogP) is 2.57. The molecule has 5 rings (SSSR count). The summed E-state index contributed by atoms with van der Waals surface area (Å²) in [6.45, 7) is 6.53. The summed E-state index contributed by atoms with van der Waals surface area (Å²) in [6, 6.07) is 15.9. The summed E-state index contributed by atoms with van der Waals surface area (Å²) in [5.41, 5.74) is 3.62. The number of aromatic nitrogens is 2. The van der Waals surface area contributed by atoms with E-state index >= 15 is 0 Å². The Balaban J connectivity index is 1.15. The SMILES string of the molecule is Cc1ccc(-n2nc(N3CCN(C(=O)CCCN4C(=O)c5ccccc5C4=O)CC3)ccc2=O)cc1C. The van der Waals surface area contributed by atoms with Gasteiger partial charge in [-0.3, -0.25) is 24.1 Å². The van der Waals surface area contributed by atoms with Crippen molar-refractivity contribution in [2.75, 3.05) is 37.6 Å². The maximum atomic E-state index is 12.8. The molecule has 0 saturated carbocycles. The third kappa shape index (κ3) is 4.76. The van der Waals surface area contributed by atoms with Gasteiger partial charge in [0.1, 0.15) is 5.82 Å². The van der Waals surface area contributed by atoms with E-state index in [1.165, 1.54) is 15.6 Å². The molecule has 0 atom stereocenters. The molecule has 0 aliphatic carbocycles. The number of aryl methyl sites for hydroxylation is 2. The molecule has 2 aliphatic rings.